The van der Waals surface area contributed by atoms with Crippen LogP contribution in [0.4, 0.5) is 11.4 Å². The van der Waals surface area contributed by atoms with E-state index in [9.17, 15) is 29.4 Å². The normalized spacial score (nSPS) is 11.7. The van der Waals surface area contributed by atoms with Gasteiger partial charge in [-0.25, -0.2) is 9.59 Å². The number of benzene rings is 7. The fraction of sp³-hybridized carbons (Fsp3) is 0.115. The smallest absolute Gasteiger partial charge is 0.326 e. The number of hydrogen-bond acceptors (Lipinski definition) is 8. The summed E-state index contributed by atoms with van der Waals surface area (Å²) >= 11 is 0. The van der Waals surface area contributed by atoms with E-state index < -0.39 is 24.0 Å². The molecule has 0 radical (unpaired) electrons. The van der Waals surface area contributed by atoms with Crippen LogP contribution in [0.2, 0.25) is 0 Å². The van der Waals surface area contributed by atoms with Gasteiger partial charge in [0.2, 0.25) is 0 Å². The van der Waals surface area contributed by atoms with E-state index >= 15 is 0 Å². The Balaban J connectivity index is 0.825. The predicted molar refractivity (Wildman–Crippen MR) is 277 cm³/mol. The van der Waals surface area contributed by atoms with E-state index in [0.29, 0.717) is 58.3 Å². The van der Waals surface area contributed by atoms with Gasteiger partial charge in [0.05, 0.1) is 0 Å². The van der Waals surface area contributed by atoms with Crippen molar-refractivity contribution in [3.8, 4) is 35.2 Å². The summed E-state index contributed by atoms with van der Waals surface area (Å²) in [4.78, 5) is 50.9. The van der Waals surface area contributed by atoms with Crippen LogP contribution >= 0.6 is 0 Å². The Kier molecular flexibility index (Phi) is 17.5. The summed E-state index contributed by atoms with van der Waals surface area (Å²) in [5.41, 5.74) is 6.86. The molecule has 0 aliphatic carbocycles. The third kappa shape index (κ3) is 14.8. The van der Waals surface area contributed by atoms with Gasteiger partial charge in [0, 0.05) is 57.6 Å². The lowest BCUT2D eigenvalue weighted by molar-refractivity contribution is -0.138. The minimum absolute atomic E-state index is 0.190. The molecular weight excluding hydrogens is 889 g/mol. The second-order valence-electron chi connectivity index (χ2n) is 16.3. The summed E-state index contributed by atoms with van der Waals surface area (Å²) in [5.74, 6) is 11.2. The number of para-hydroxylation sites is 2. The highest BCUT2D eigenvalue weighted by atomic mass is 16.5. The van der Waals surface area contributed by atoms with Crippen LogP contribution in [0.25, 0.3) is 0 Å². The first kappa shape index (κ1) is 49.5. The molecule has 0 aliphatic rings. The molecule has 7 aromatic rings. The fourth-order valence-corrected chi connectivity index (χ4v) is 7.29. The van der Waals surface area contributed by atoms with E-state index in [1.165, 1.54) is 0 Å². The Hall–Kier alpha value is -9.38. The van der Waals surface area contributed by atoms with Crippen LogP contribution in [0.15, 0.2) is 206 Å². The summed E-state index contributed by atoms with van der Waals surface area (Å²) in [6.07, 6.45) is 5.81. The fourth-order valence-electron chi connectivity index (χ4n) is 7.29. The molecule has 0 saturated carbocycles. The minimum atomic E-state index is -1.03. The van der Waals surface area contributed by atoms with E-state index in [1.807, 2.05) is 79.7 Å². The number of ether oxygens (including phenoxy) is 2. The van der Waals surface area contributed by atoms with Crippen LogP contribution in [0, 0.1) is 23.7 Å². The Morgan fingerprint density at radius 3 is 1.41 bits per heavy atom. The molecule has 0 heterocycles. The van der Waals surface area contributed by atoms with Crippen molar-refractivity contribution in [1.29, 1.82) is 0 Å². The second-order valence-corrected chi connectivity index (χ2v) is 16.3. The molecule has 71 heavy (non-hydrogen) atoms. The lowest BCUT2D eigenvalue weighted by Crippen LogP contribution is -2.32. The number of rotatable bonds is 20. The number of carboxylic acid groups (broad SMARTS) is 2. The molecule has 0 aromatic heterocycles. The van der Waals surface area contributed by atoms with Crippen molar-refractivity contribution >= 4 is 34.9 Å². The van der Waals surface area contributed by atoms with Crippen LogP contribution in [0.1, 0.15) is 61.0 Å². The van der Waals surface area contributed by atoms with Crippen molar-refractivity contribution in [2.75, 3.05) is 23.8 Å². The number of carbonyl (C=O) groups is 4. The molecule has 4 N–H and O–H groups in total. The van der Waals surface area contributed by atoms with E-state index in [1.54, 1.807) is 127 Å². The molecular formula is C61H50N2O8. The number of anilines is 2. The van der Waals surface area contributed by atoms with Gasteiger partial charge in [-0.2, -0.15) is 0 Å². The SMILES string of the molecule is C/C(C#Cc1ccc(C#C/C=C/COc2ccc(CC(Nc3ccccc3C(=O)c3ccccc3)C(=O)O)cc2)cc1)=C\COc1ccc(CC(Nc2ccccc2C(=O)c2ccccc2)C(=O)O)cc1. The molecule has 10 nitrogen and oxygen atoms in total. The van der Waals surface area contributed by atoms with Crippen molar-refractivity contribution in [2.45, 2.75) is 31.8 Å². The highest BCUT2D eigenvalue weighted by Crippen LogP contribution is 2.24. The second kappa shape index (κ2) is 25.1. The van der Waals surface area contributed by atoms with Gasteiger partial charge in [0.15, 0.2) is 11.6 Å². The Bertz CT molecular complexity index is 3140. The predicted octanol–water partition coefficient (Wildman–Crippen LogP) is 10.7. The molecule has 0 amide bonds. The monoisotopic (exact) mass is 938 g/mol. The average molecular weight is 939 g/mol. The third-order valence-corrected chi connectivity index (χ3v) is 11.1. The molecule has 10 heteroatoms. The molecule has 0 aliphatic heterocycles. The van der Waals surface area contributed by atoms with Crippen LogP contribution in [-0.2, 0) is 22.4 Å². The Morgan fingerprint density at radius 2 is 0.944 bits per heavy atom. The van der Waals surface area contributed by atoms with Crippen molar-refractivity contribution < 1.29 is 38.9 Å². The third-order valence-electron chi connectivity index (χ3n) is 11.1. The Morgan fingerprint density at radius 1 is 0.521 bits per heavy atom. The summed E-state index contributed by atoms with van der Waals surface area (Å²) in [5, 5.41) is 26.2. The highest BCUT2D eigenvalue weighted by molar-refractivity contribution is 6.13. The van der Waals surface area contributed by atoms with Gasteiger partial charge >= 0.3 is 11.9 Å². The molecule has 0 bridgehead atoms. The van der Waals surface area contributed by atoms with Gasteiger partial charge < -0.3 is 30.3 Å². The van der Waals surface area contributed by atoms with Crippen molar-refractivity contribution in [1.82, 2.24) is 0 Å². The molecule has 352 valence electrons. The largest absolute Gasteiger partial charge is 0.490 e. The number of allylic oxidation sites excluding steroid dienone is 2. The summed E-state index contributed by atoms with van der Waals surface area (Å²) < 4.78 is 11.7. The first-order valence-electron chi connectivity index (χ1n) is 22.8. The van der Waals surface area contributed by atoms with Crippen molar-refractivity contribution in [2.24, 2.45) is 0 Å². The lowest BCUT2D eigenvalue weighted by Gasteiger charge is -2.18. The average Bonchev–Trinajstić information content (AvgIpc) is 3.40. The number of carboxylic acids is 2. The molecule has 2 unspecified atom stereocenters. The quantitative estimate of drug-likeness (QED) is 0.0429. The molecule has 7 rings (SSSR count). The molecule has 0 fully saturated rings. The zero-order valence-corrected chi connectivity index (χ0v) is 38.9. The minimum Gasteiger partial charge on any atom is -0.490 e. The number of aliphatic carboxylic acids is 2. The summed E-state index contributed by atoms with van der Waals surface area (Å²) in [6.45, 7) is 2.50. The maximum absolute atomic E-state index is 13.2. The van der Waals surface area contributed by atoms with E-state index in [0.717, 1.165) is 27.8 Å². The van der Waals surface area contributed by atoms with Crippen molar-refractivity contribution in [3.63, 3.8) is 0 Å². The van der Waals surface area contributed by atoms with E-state index in [2.05, 4.69) is 34.3 Å². The van der Waals surface area contributed by atoms with Gasteiger partial charge in [-0.1, -0.05) is 133 Å². The zero-order chi connectivity index (χ0) is 49.8. The van der Waals surface area contributed by atoms with Crippen LogP contribution < -0.4 is 20.1 Å². The molecule has 2 atom stereocenters. The highest BCUT2D eigenvalue weighted by Gasteiger charge is 2.23. The van der Waals surface area contributed by atoms with Crippen LogP contribution in [0.5, 0.6) is 11.5 Å². The topological polar surface area (TPSA) is 151 Å². The molecule has 0 saturated heterocycles. The van der Waals surface area contributed by atoms with Crippen LogP contribution in [0.3, 0.4) is 0 Å². The summed E-state index contributed by atoms with van der Waals surface area (Å²) in [7, 11) is 0. The van der Waals surface area contributed by atoms with Crippen molar-refractivity contribution in [3.05, 3.63) is 250 Å². The first-order valence-corrected chi connectivity index (χ1v) is 22.8. The number of ketones is 2. The zero-order valence-electron chi connectivity index (χ0n) is 38.9. The lowest BCUT2D eigenvalue weighted by atomic mass is 10.00. The Labute approximate surface area is 413 Å². The number of hydrogen-bond donors (Lipinski definition) is 4. The first-order chi connectivity index (χ1) is 34.6. The van der Waals surface area contributed by atoms with E-state index in [4.69, 9.17) is 9.47 Å². The van der Waals surface area contributed by atoms with Gasteiger partial charge in [-0.05, 0) is 115 Å². The van der Waals surface area contributed by atoms with E-state index in [-0.39, 0.29) is 24.4 Å². The van der Waals surface area contributed by atoms with Crippen LogP contribution in [-0.4, -0.2) is 59.0 Å². The number of nitrogens with one attached hydrogen (secondary N) is 2. The maximum Gasteiger partial charge on any atom is 0.326 e. The molecule has 0 spiro atoms. The maximum atomic E-state index is 13.2. The van der Waals surface area contributed by atoms with Gasteiger partial charge in [0.1, 0.15) is 36.8 Å². The van der Waals surface area contributed by atoms with Gasteiger partial charge in [-0.15, -0.1) is 0 Å². The molecule has 7 aromatic carbocycles. The van der Waals surface area contributed by atoms with Gasteiger partial charge in [0.25, 0.3) is 0 Å². The summed E-state index contributed by atoms with van der Waals surface area (Å²) in [6, 6.07) is 51.8. The standard InChI is InChI=1S/C61H50N2O8/c1-43(38-40-71-51-36-32-47(33-37-51)42-57(61(68)69)63-55-23-13-11-21-53(55)59(65)49-18-8-3-9-19-49)24-25-45-28-26-44(27-29-45)15-5-4-14-39-70-50-34-30-46(31-35-50)41-56(60(66)67)62-54-22-12-10-20-52(54)58(64)48-16-6-2-7-17-48/h2-4,6-14,16-23,26-38,56-57,62-63H,39-42H2,1H3,(H,66,67)(H,68,69)/b14-4+,43-38+. The van der Waals surface area contributed by atoms with Gasteiger partial charge in [-0.3, -0.25) is 9.59 Å². The number of carbonyl (C=O) groups excluding carboxylic acids is 2.